The predicted octanol–water partition coefficient (Wildman–Crippen LogP) is 1.63. The Bertz CT molecular complexity index is 409. The van der Waals surface area contributed by atoms with Crippen LogP contribution >= 0.6 is 12.4 Å². The number of hydrogen-bond acceptors (Lipinski definition) is 4. The number of nitrogens with two attached hydrogens (primary N) is 1. The molecular weight excluding hydrogens is 266 g/mol. The van der Waals surface area contributed by atoms with Gasteiger partial charge in [0.25, 0.3) is 5.91 Å². The van der Waals surface area contributed by atoms with Crippen LogP contribution in [0.5, 0.6) is 0 Å². The SMILES string of the molecule is Cl.Nc1ccncc1C(=O)NCCC1CCOCC1. The molecule has 0 atom stereocenters. The summed E-state index contributed by atoms with van der Waals surface area (Å²) in [6.45, 7) is 2.36. The van der Waals surface area contributed by atoms with Crippen molar-refractivity contribution in [2.75, 3.05) is 25.5 Å². The molecule has 1 fully saturated rings. The molecule has 6 heteroatoms. The number of rotatable bonds is 4. The number of nitrogens with zero attached hydrogens (tertiary/aromatic N) is 1. The lowest BCUT2D eigenvalue weighted by atomic mass is 9.97. The molecule has 1 aromatic rings. The van der Waals surface area contributed by atoms with Crippen LogP contribution in [0.1, 0.15) is 29.6 Å². The molecule has 0 aromatic carbocycles. The maximum Gasteiger partial charge on any atom is 0.254 e. The molecule has 2 heterocycles. The van der Waals surface area contributed by atoms with Gasteiger partial charge < -0.3 is 15.8 Å². The Labute approximate surface area is 119 Å². The van der Waals surface area contributed by atoms with E-state index in [-0.39, 0.29) is 18.3 Å². The zero-order chi connectivity index (χ0) is 12.8. The van der Waals surface area contributed by atoms with Crippen LogP contribution in [0, 0.1) is 5.92 Å². The van der Waals surface area contributed by atoms with E-state index < -0.39 is 0 Å². The van der Waals surface area contributed by atoms with Crippen molar-refractivity contribution in [3.8, 4) is 0 Å². The van der Waals surface area contributed by atoms with Gasteiger partial charge in [0, 0.05) is 37.8 Å². The summed E-state index contributed by atoms with van der Waals surface area (Å²) >= 11 is 0. The Morgan fingerprint density at radius 1 is 1.47 bits per heavy atom. The van der Waals surface area contributed by atoms with Crippen molar-refractivity contribution < 1.29 is 9.53 Å². The number of ether oxygens (including phenoxy) is 1. The van der Waals surface area contributed by atoms with Crippen molar-refractivity contribution in [1.82, 2.24) is 10.3 Å². The highest BCUT2D eigenvalue weighted by atomic mass is 35.5. The number of aromatic nitrogens is 1. The summed E-state index contributed by atoms with van der Waals surface area (Å²) in [5.41, 5.74) is 6.63. The van der Waals surface area contributed by atoms with Gasteiger partial charge in [0.2, 0.25) is 0 Å². The van der Waals surface area contributed by atoms with Crippen molar-refractivity contribution in [3.05, 3.63) is 24.0 Å². The second-order valence-corrected chi connectivity index (χ2v) is 4.56. The summed E-state index contributed by atoms with van der Waals surface area (Å²) in [5.74, 6) is 0.512. The van der Waals surface area contributed by atoms with Gasteiger partial charge in [-0.3, -0.25) is 9.78 Å². The van der Waals surface area contributed by atoms with Gasteiger partial charge in [-0.15, -0.1) is 12.4 Å². The second kappa shape index (κ2) is 7.96. The maximum atomic E-state index is 11.9. The number of carbonyl (C=O) groups is 1. The number of hydrogen-bond donors (Lipinski definition) is 2. The van der Waals surface area contributed by atoms with Crippen LogP contribution in [-0.4, -0.2) is 30.6 Å². The standard InChI is InChI=1S/C13H19N3O2.ClH/c14-12-2-5-15-9-11(12)13(17)16-6-1-10-3-7-18-8-4-10;/h2,5,9-10H,1,3-4,6-8H2,(H2,14,15)(H,16,17);1H. The van der Waals surface area contributed by atoms with Crippen molar-refractivity contribution in [2.24, 2.45) is 5.92 Å². The third-order valence-corrected chi connectivity index (χ3v) is 3.28. The average molecular weight is 286 g/mol. The Balaban J connectivity index is 0.00000180. The van der Waals surface area contributed by atoms with E-state index in [1.807, 2.05) is 0 Å². The van der Waals surface area contributed by atoms with Gasteiger partial charge in [-0.2, -0.15) is 0 Å². The van der Waals surface area contributed by atoms with E-state index in [0.717, 1.165) is 32.5 Å². The largest absolute Gasteiger partial charge is 0.398 e. The fourth-order valence-electron chi connectivity index (χ4n) is 2.12. The van der Waals surface area contributed by atoms with Crippen molar-refractivity contribution >= 4 is 24.0 Å². The number of pyridine rings is 1. The van der Waals surface area contributed by atoms with Crippen molar-refractivity contribution in [2.45, 2.75) is 19.3 Å². The number of anilines is 1. The molecule has 0 aliphatic carbocycles. The first kappa shape index (κ1) is 15.7. The number of halogens is 1. The normalized spacial score (nSPS) is 15.6. The highest BCUT2D eigenvalue weighted by molar-refractivity contribution is 5.98. The summed E-state index contributed by atoms with van der Waals surface area (Å²) < 4.78 is 5.30. The molecule has 1 aromatic heterocycles. The number of nitrogen functional groups attached to an aromatic ring is 1. The molecule has 1 aliphatic rings. The minimum atomic E-state index is -0.146. The van der Waals surface area contributed by atoms with Gasteiger partial charge in [-0.25, -0.2) is 0 Å². The Kier molecular flexibility index (Phi) is 6.59. The van der Waals surface area contributed by atoms with Crippen LogP contribution < -0.4 is 11.1 Å². The molecule has 0 spiro atoms. The van der Waals surface area contributed by atoms with Crippen LogP contribution in [0.25, 0.3) is 0 Å². The van der Waals surface area contributed by atoms with Gasteiger partial charge >= 0.3 is 0 Å². The molecule has 5 nitrogen and oxygen atoms in total. The fraction of sp³-hybridized carbons (Fsp3) is 0.538. The van der Waals surface area contributed by atoms with Gasteiger partial charge in [0.1, 0.15) is 0 Å². The highest BCUT2D eigenvalue weighted by Crippen LogP contribution is 2.17. The van der Waals surface area contributed by atoms with E-state index in [9.17, 15) is 4.79 Å². The van der Waals surface area contributed by atoms with Crippen LogP contribution in [0.3, 0.4) is 0 Å². The Hall–Kier alpha value is -1.33. The van der Waals surface area contributed by atoms with E-state index in [4.69, 9.17) is 10.5 Å². The summed E-state index contributed by atoms with van der Waals surface area (Å²) in [7, 11) is 0. The molecule has 106 valence electrons. The van der Waals surface area contributed by atoms with E-state index >= 15 is 0 Å². The molecular formula is C13H20ClN3O2. The van der Waals surface area contributed by atoms with E-state index in [2.05, 4.69) is 10.3 Å². The van der Waals surface area contributed by atoms with E-state index in [0.29, 0.717) is 23.7 Å². The van der Waals surface area contributed by atoms with Crippen LogP contribution in [-0.2, 0) is 4.74 Å². The Morgan fingerprint density at radius 2 is 2.21 bits per heavy atom. The van der Waals surface area contributed by atoms with Gasteiger partial charge in [-0.05, 0) is 31.2 Å². The van der Waals surface area contributed by atoms with Crippen molar-refractivity contribution in [3.63, 3.8) is 0 Å². The number of nitrogens with one attached hydrogen (secondary N) is 1. The third kappa shape index (κ3) is 4.69. The maximum absolute atomic E-state index is 11.9. The number of amides is 1. The number of carbonyl (C=O) groups excluding carboxylic acids is 1. The summed E-state index contributed by atoms with van der Waals surface area (Å²) in [6.07, 6.45) is 6.25. The average Bonchev–Trinajstić information content (AvgIpc) is 2.40. The topological polar surface area (TPSA) is 77.2 Å². The minimum absolute atomic E-state index is 0. The highest BCUT2D eigenvalue weighted by Gasteiger charge is 2.14. The van der Waals surface area contributed by atoms with Crippen molar-refractivity contribution in [1.29, 1.82) is 0 Å². The molecule has 0 radical (unpaired) electrons. The molecule has 1 amide bonds. The smallest absolute Gasteiger partial charge is 0.254 e. The summed E-state index contributed by atoms with van der Waals surface area (Å²) in [6, 6.07) is 1.63. The van der Waals surface area contributed by atoms with E-state index in [1.165, 1.54) is 6.20 Å². The second-order valence-electron chi connectivity index (χ2n) is 4.56. The van der Waals surface area contributed by atoms with Gasteiger partial charge in [0.05, 0.1) is 5.56 Å². The van der Waals surface area contributed by atoms with E-state index in [1.54, 1.807) is 12.3 Å². The summed E-state index contributed by atoms with van der Waals surface area (Å²) in [4.78, 5) is 15.8. The lowest BCUT2D eigenvalue weighted by Gasteiger charge is -2.21. The third-order valence-electron chi connectivity index (χ3n) is 3.28. The minimum Gasteiger partial charge on any atom is -0.398 e. The first-order valence-corrected chi connectivity index (χ1v) is 6.33. The molecule has 0 bridgehead atoms. The first-order valence-electron chi connectivity index (χ1n) is 6.33. The van der Waals surface area contributed by atoms with Crippen LogP contribution in [0.15, 0.2) is 18.5 Å². The molecule has 2 rings (SSSR count). The van der Waals surface area contributed by atoms with Crippen LogP contribution in [0.2, 0.25) is 0 Å². The molecule has 1 saturated heterocycles. The fourth-order valence-corrected chi connectivity index (χ4v) is 2.12. The van der Waals surface area contributed by atoms with Crippen LogP contribution in [0.4, 0.5) is 5.69 Å². The monoisotopic (exact) mass is 285 g/mol. The molecule has 0 saturated carbocycles. The Morgan fingerprint density at radius 3 is 2.89 bits per heavy atom. The molecule has 3 N–H and O–H groups in total. The summed E-state index contributed by atoms with van der Waals surface area (Å²) in [5, 5.41) is 2.89. The zero-order valence-electron chi connectivity index (χ0n) is 10.8. The first-order chi connectivity index (χ1) is 8.77. The van der Waals surface area contributed by atoms with Gasteiger partial charge in [0.15, 0.2) is 0 Å². The molecule has 19 heavy (non-hydrogen) atoms. The zero-order valence-corrected chi connectivity index (χ0v) is 11.6. The quantitative estimate of drug-likeness (QED) is 0.881. The molecule has 0 unspecified atom stereocenters. The lowest BCUT2D eigenvalue weighted by molar-refractivity contribution is 0.0636. The van der Waals surface area contributed by atoms with Gasteiger partial charge in [-0.1, -0.05) is 0 Å². The predicted molar refractivity (Wildman–Crippen MR) is 76.4 cm³/mol. The molecule has 1 aliphatic heterocycles. The lowest BCUT2D eigenvalue weighted by Crippen LogP contribution is -2.28.